The maximum absolute atomic E-state index is 12.3. The Labute approximate surface area is 119 Å². The summed E-state index contributed by atoms with van der Waals surface area (Å²) >= 11 is 1.75. The zero-order valence-electron chi connectivity index (χ0n) is 11.4. The first-order chi connectivity index (χ1) is 9.31. The molecule has 4 heteroatoms. The van der Waals surface area contributed by atoms with Crippen LogP contribution in [-0.4, -0.2) is 35.1 Å². The molecule has 3 nitrogen and oxygen atoms in total. The van der Waals surface area contributed by atoms with Crippen molar-refractivity contribution in [2.24, 2.45) is 0 Å². The zero-order valence-corrected chi connectivity index (χ0v) is 12.2. The number of thiophene rings is 1. The minimum absolute atomic E-state index is 0.0766. The summed E-state index contributed by atoms with van der Waals surface area (Å²) in [6.45, 7) is 0.579. The quantitative estimate of drug-likeness (QED) is 0.835. The van der Waals surface area contributed by atoms with E-state index in [1.54, 1.807) is 11.3 Å². The summed E-state index contributed by atoms with van der Waals surface area (Å²) in [4.78, 5) is 15.5. The van der Waals surface area contributed by atoms with Gasteiger partial charge in [0.25, 0.3) is 0 Å². The lowest BCUT2D eigenvalue weighted by Crippen LogP contribution is -2.40. The van der Waals surface area contributed by atoms with Gasteiger partial charge in [0.1, 0.15) is 0 Å². The number of hydrogen-bond acceptors (Lipinski definition) is 3. The molecule has 0 aromatic carbocycles. The normalized spacial score (nSPS) is 15.8. The van der Waals surface area contributed by atoms with Crippen molar-refractivity contribution >= 4 is 17.2 Å². The lowest BCUT2D eigenvalue weighted by Gasteiger charge is -2.28. The van der Waals surface area contributed by atoms with Gasteiger partial charge in [0.15, 0.2) is 0 Å². The molecular formula is C15H23NO2S. The smallest absolute Gasteiger partial charge is 0.222 e. The van der Waals surface area contributed by atoms with Gasteiger partial charge in [0.2, 0.25) is 5.91 Å². The first-order valence-corrected chi connectivity index (χ1v) is 8.12. The molecule has 1 amide bonds. The Hall–Kier alpha value is -0.870. The average Bonchev–Trinajstić information content (AvgIpc) is 3.08. The lowest BCUT2D eigenvalue weighted by atomic mass is 10.1. The fourth-order valence-electron chi connectivity index (χ4n) is 2.85. The molecular weight excluding hydrogens is 258 g/mol. The fraction of sp³-hybridized carbons (Fsp3) is 0.667. The second-order valence-corrected chi connectivity index (χ2v) is 6.21. The summed E-state index contributed by atoms with van der Waals surface area (Å²) in [7, 11) is 0. The van der Waals surface area contributed by atoms with Crippen molar-refractivity contribution < 1.29 is 9.90 Å². The van der Waals surface area contributed by atoms with E-state index in [2.05, 4.69) is 17.5 Å². The third-order valence-electron chi connectivity index (χ3n) is 3.82. The van der Waals surface area contributed by atoms with E-state index in [1.807, 2.05) is 4.90 Å². The van der Waals surface area contributed by atoms with Crippen LogP contribution in [0, 0.1) is 0 Å². The Morgan fingerprint density at radius 1 is 1.42 bits per heavy atom. The van der Waals surface area contributed by atoms with Gasteiger partial charge in [0.05, 0.1) is 6.61 Å². The molecule has 0 bridgehead atoms. The molecule has 0 aliphatic heterocycles. The molecule has 1 aromatic rings. The Balaban J connectivity index is 1.78. The molecule has 0 unspecified atom stereocenters. The van der Waals surface area contributed by atoms with Gasteiger partial charge in [-0.25, -0.2) is 0 Å². The predicted octanol–water partition coefficient (Wildman–Crippen LogP) is 2.83. The lowest BCUT2D eigenvalue weighted by molar-refractivity contribution is -0.134. The standard InChI is InChI=1S/C15H23NO2S/c17-11-10-16(13-5-1-2-6-13)15(18)9-3-7-14-8-4-12-19-14/h4,8,12-13,17H,1-3,5-7,9-11H2. The van der Waals surface area contributed by atoms with E-state index in [0.29, 0.717) is 19.0 Å². The van der Waals surface area contributed by atoms with Crippen LogP contribution in [0.2, 0.25) is 0 Å². The van der Waals surface area contributed by atoms with Gasteiger partial charge in [-0.1, -0.05) is 18.9 Å². The summed E-state index contributed by atoms with van der Waals surface area (Å²) in [6, 6.07) is 4.55. The van der Waals surface area contributed by atoms with Crippen molar-refractivity contribution in [3.8, 4) is 0 Å². The maximum Gasteiger partial charge on any atom is 0.222 e. The monoisotopic (exact) mass is 281 g/mol. The summed E-state index contributed by atoms with van der Waals surface area (Å²) in [5, 5.41) is 11.2. The van der Waals surface area contributed by atoms with Crippen LogP contribution in [0.5, 0.6) is 0 Å². The molecule has 1 aliphatic carbocycles. The van der Waals surface area contributed by atoms with Crippen LogP contribution < -0.4 is 0 Å². The topological polar surface area (TPSA) is 40.5 Å². The second-order valence-electron chi connectivity index (χ2n) is 5.18. The van der Waals surface area contributed by atoms with E-state index >= 15 is 0 Å². The average molecular weight is 281 g/mol. The van der Waals surface area contributed by atoms with Gasteiger partial charge in [-0.2, -0.15) is 0 Å². The van der Waals surface area contributed by atoms with E-state index in [1.165, 1.54) is 17.7 Å². The highest BCUT2D eigenvalue weighted by Gasteiger charge is 2.25. The zero-order chi connectivity index (χ0) is 13.5. The summed E-state index contributed by atoms with van der Waals surface area (Å²) < 4.78 is 0. The third kappa shape index (κ3) is 4.32. The van der Waals surface area contributed by atoms with Gasteiger partial charge in [0, 0.05) is 23.9 Å². The molecule has 1 fully saturated rings. The Kier molecular flexibility index (Phi) is 5.86. The molecule has 0 radical (unpaired) electrons. The molecule has 0 atom stereocenters. The maximum atomic E-state index is 12.3. The van der Waals surface area contributed by atoms with Crippen LogP contribution in [-0.2, 0) is 11.2 Å². The van der Waals surface area contributed by atoms with Crippen molar-refractivity contribution in [1.29, 1.82) is 0 Å². The molecule has 106 valence electrons. The number of hydrogen-bond donors (Lipinski definition) is 1. The molecule has 19 heavy (non-hydrogen) atoms. The van der Waals surface area contributed by atoms with E-state index in [0.717, 1.165) is 25.7 Å². The van der Waals surface area contributed by atoms with E-state index in [9.17, 15) is 4.79 Å². The van der Waals surface area contributed by atoms with E-state index < -0.39 is 0 Å². The predicted molar refractivity (Wildman–Crippen MR) is 78.3 cm³/mol. The Morgan fingerprint density at radius 3 is 2.84 bits per heavy atom. The fourth-order valence-corrected chi connectivity index (χ4v) is 3.60. The van der Waals surface area contributed by atoms with Crippen molar-refractivity contribution in [2.45, 2.75) is 51.0 Å². The van der Waals surface area contributed by atoms with Crippen LogP contribution in [0.3, 0.4) is 0 Å². The highest BCUT2D eigenvalue weighted by molar-refractivity contribution is 7.09. The molecule has 1 aromatic heterocycles. The van der Waals surface area contributed by atoms with Gasteiger partial charge in [-0.15, -0.1) is 11.3 Å². The van der Waals surface area contributed by atoms with Crippen molar-refractivity contribution in [3.05, 3.63) is 22.4 Å². The van der Waals surface area contributed by atoms with Crippen molar-refractivity contribution in [3.63, 3.8) is 0 Å². The molecule has 2 rings (SSSR count). The molecule has 1 N–H and O–H groups in total. The van der Waals surface area contributed by atoms with Crippen LogP contribution in [0.4, 0.5) is 0 Å². The van der Waals surface area contributed by atoms with Crippen LogP contribution >= 0.6 is 11.3 Å². The van der Waals surface area contributed by atoms with E-state index in [-0.39, 0.29) is 12.5 Å². The Bertz CT molecular complexity index is 372. The number of aliphatic hydroxyl groups is 1. The summed E-state index contributed by atoms with van der Waals surface area (Å²) in [5.74, 6) is 0.220. The number of carbonyl (C=O) groups excluding carboxylic acids is 1. The SMILES string of the molecule is O=C(CCCc1cccs1)N(CCO)C1CCCC1. The minimum atomic E-state index is 0.0766. The first-order valence-electron chi connectivity index (χ1n) is 7.24. The number of amides is 1. The minimum Gasteiger partial charge on any atom is -0.395 e. The van der Waals surface area contributed by atoms with Crippen LogP contribution in [0.25, 0.3) is 0 Å². The van der Waals surface area contributed by atoms with Gasteiger partial charge >= 0.3 is 0 Å². The number of nitrogens with zero attached hydrogens (tertiary/aromatic N) is 1. The number of aliphatic hydroxyl groups excluding tert-OH is 1. The summed E-state index contributed by atoms with van der Waals surface area (Å²) in [5.41, 5.74) is 0. The largest absolute Gasteiger partial charge is 0.395 e. The third-order valence-corrected chi connectivity index (χ3v) is 4.76. The summed E-state index contributed by atoms with van der Waals surface area (Å²) in [6.07, 6.45) is 7.15. The highest BCUT2D eigenvalue weighted by atomic mass is 32.1. The molecule has 0 spiro atoms. The number of rotatable bonds is 7. The first kappa shape index (κ1) is 14.5. The van der Waals surface area contributed by atoms with Crippen molar-refractivity contribution in [2.75, 3.05) is 13.2 Å². The van der Waals surface area contributed by atoms with Crippen LogP contribution in [0.1, 0.15) is 43.4 Å². The molecule has 0 saturated heterocycles. The van der Waals surface area contributed by atoms with Gasteiger partial charge in [-0.05, 0) is 37.1 Å². The van der Waals surface area contributed by atoms with Gasteiger partial charge < -0.3 is 10.0 Å². The molecule has 1 saturated carbocycles. The molecule has 1 aliphatic rings. The Morgan fingerprint density at radius 2 is 2.21 bits per heavy atom. The number of aryl methyl sites for hydroxylation is 1. The van der Waals surface area contributed by atoms with Crippen molar-refractivity contribution in [1.82, 2.24) is 4.90 Å². The highest BCUT2D eigenvalue weighted by Crippen LogP contribution is 2.24. The molecule has 1 heterocycles. The van der Waals surface area contributed by atoms with E-state index in [4.69, 9.17) is 5.11 Å². The second kappa shape index (κ2) is 7.65. The van der Waals surface area contributed by atoms with Crippen LogP contribution in [0.15, 0.2) is 17.5 Å². The van der Waals surface area contributed by atoms with Gasteiger partial charge in [-0.3, -0.25) is 4.79 Å². The number of carbonyl (C=O) groups is 1.